The van der Waals surface area contributed by atoms with Crippen LogP contribution in [0.15, 0.2) is 42.5 Å². The van der Waals surface area contributed by atoms with Crippen LogP contribution < -0.4 is 9.62 Å². The van der Waals surface area contributed by atoms with Gasteiger partial charge < -0.3 is 10.2 Å². The summed E-state index contributed by atoms with van der Waals surface area (Å²) in [5.41, 5.74) is 0.230. The van der Waals surface area contributed by atoms with Gasteiger partial charge in [0, 0.05) is 36.7 Å². The van der Waals surface area contributed by atoms with E-state index < -0.39 is 34.5 Å². The maximum atomic E-state index is 14.7. The molecule has 0 unspecified atom stereocenters. The average molecular weight is 576 g/mol. The van der Waals surface area contributed by atoms with Crippen LogP contribution in [0.3, 0.4) is 0 Å². The number of nitrogens with one attached hydrogen (secondary N) is 1. The van der Waals surface area contributed by atoms with Crippen LogP contribution in [0.5, 0.6) is 0 Å². The quantitative estimate of drug-likeness (QED) is 0.405. The Morgan fingerprint density at radius 2 is 1.70 bits per heavy atom. The van der Waals surface area contributed by atoms with E-state index in [0.717, 1.165) is 10.4 Å². The summed E-state index contributed by atoms with van der Waals surface area (Å²) in [7, 11) is -1.70. The van der Waals surface area contributed by atoms with Crippen molar-refractivity contribution in [3.63, 3.8) is 0 Å². The molecule has 0 saturated heterocycles. The van der Waals surface area contributed by atoms with Gasteiger partial charge in [-0.25, -0.2) is 8.70 Å². The Kier molecular flexibility index (Phi) is 11.2. The number of carbonyl (C=O) groups excluding carboxylic acids is 2. The predicted molar refractivity (Wildman–Crippen MR) is 145 cm³/mol. The smallest absolute Gasteiger partial charge is 0.304 e. The molecule has 0 aliphatic carbocycles. The highest BCUT2D eigenvalue weighted by atomic mass is 35.5. The third-order valence-electron chi connectivity index (χ3n) is 5.88. The Bertz CT molecular complexity index is 1210. The van der Waals surface area contributed by atoms with E-state index in [2.05, 4.69) is 5.32 Å². The van der Waals surface area contributed by atoms with E-state index in [9.17, 15) is 22.4 Å². The number of benzene rings is 2. The van der Waals surface area contributed by atoms with Crippen molar-refractivity contribution >= 4 is 50.9 Å². The fraction of sp³-hybridized carbons (Fsp3) is 0.440. The number of amides is 2. The van der Waals surface area contributed by atoms with Crippen molar-refractivity contribution in [1.29, 1.82) is 0 Å². The summed E-state index contributed by atoms with van der Waals surface area (Å²) < 4.78 is 42.6. The Morgan fingerprint density at radius 1 is 1.05 bits per heavy atom. The molecule has 0 bridgehead atoms. The maximum Gasteiger partial charge on any atom is 0.304 e. The zero-order valence-electron chi connectivity index (χ0n) is 21.5. The normalized spacial score (nSPS) is 13.2. The molecule has 12 heteroatoms. The SMILES string of the molecule is CC[C@@H](C)NC(=O)[C@H](CC)N(Cc1ccc(Cl)cc1Cl)C(=O)CN(c1ccccc1F)S(=O)(=O)N(C)C. The van der Waals surface area contributed by atoms with Gasteiger partial charge in [-0.3, -0.25) is 9.59 Å². The van der Waals surface area contributed by atoms with Crippen LogP contribution in [-0.4, -0.2) is 62.2 Å². The van der Waals surface area contributed by atoms with Crippen LogP contribution >= 0.6 is 23.2 Å². The van der Waals surface area contributed by atoms with E-state index in [0.29, 0.717) is 21.3 Å². The molecule has 2 amide bonds. The maximum absolute atomic E-state index is 14.7. The Labute approximate surface area is 228 Å². The van der Waals surface area contributed by atoms with Crippen LogP contribution in [0.1, 0.15) is 39.2 Å². The summed E-state index contributed by atoms with van der Waals surface area (Å²) in [4.78, 5) is 28.2. The van der Waals surface area contributed by atoms with Crippen molar-refractivity contribution in [3.05, 3.63) is 63.9 Å². The molecule has 2 aromatic rings. The van der Waals surface area contributed by atoms with Crippen LogP contribution in [0.2, 0.25) is 10.0 Å². The molecule has 0 spiro atoms. The van der Waals surface area contributed by atoms with Gasteiger partial charge in [-0.05, 0) is 49.6 Å². The second-order valence-corrected chi connectivity index (χ2v) is 11.7. The summed E-state index contributed by atoms with van der Waals surface area (Å²) >= 11 is 12.4. The lowest BCUT2D eigenvalue weighted by molar-refractivity contribution is -0.140. The molecule has 2 atom stereocenters. The van der Waals surface area contributed by atoms with Gasteiger partial charge >= 0.3 is 10.2 Å². The molecule has 37 heavy (non-hydrogen) atoms. The summed E-state index contributed by atoms with van der Waals surface area (Å²) in [5, 5.41) is 3.57. The number of halogens is 3. The van der Waals surface area contributed by atoms with E-state index in [-0.39, 0.29) is 35.6 Å². The van der Waals surface area contributed by atoms with E-state index in [1.807, 2.05) is 13.8 Å². The van der Waals surface area contributed by atoms with Gasteiger partial charge in [-0.15, -0.1) is 0 Å². The lowest BCUT2D eigenvalue weighted by atomic mass is 10.1. The van der Waals surface area contributed by atoms with Crippen LogP contribution in [0.4, 0.5) is 10.1 Å². The minimum atomic E-state index is -4.27. The van der Waals surface area contributed by atoms with Gasteiger partial charge in [0.15, 0.2) is 0 Å². The second-order valence-electron chi connectivity index (χ2n) is 8.75. The molecule has 0 aromatic heterocycles. The first kappa shape index (κ1) is 30.8. The average Bonchev–Trinajstić information content (AvgIpc) is 2.83. The molecule has 0 aliphatic rings. The summed E-state index contributed by atoms with van der Waals surface area (Å²) in [5.74, 6) is -1.90. The van der Waals surface area contributed by atoms with Crippen molar-refractivity contribution in [1.82, 2.24) is 14.5 Å². The van der Waals surface area contributed by atoms with Gasteiger partial charge in [0.05, 0.1) is 5.69 Å². The third kappa shape index (κ3) is 7.80. The lowest BCUT2D eigenvalue weighted by Crippen LogP contribution is -2.54. The molecule has 1 N–H and O–H groups in total. The molecule has 0 aliphatic heterocycles. The molecule has 0 heterocycles. The molecular weight excluding hydrogens is 542 g/mol. The number of anilines is 1. The lowest BCUT2D eigenvalue weighted by Gasteiger charge is -2.34. The number of nitrogens with zero attached hydrogens (tertiary/aromatic N) is 3. The molecule has 0 radical (unpaired) electrons. The van der Waals surface area contributed by atoms with Crippen LogP contribution in [0.25, 0.3) is 0 Å². The Balaban J connectivity index is 2.56. The van der Waals surface area contributed by atoms with Gasteiger partial charge in [-0.2, -0.15) is 12.7 Å². The summed E-state index contributed by atoms with van der Waals surface area (Å²) in [6, 6.07) is 8.96. The van der Waals surface area contributed by atoms with E-state index >= 15 is 0 Å². The number of carbonyl (C=O) groups is 2. The first-order valence-corrected chi connectivity index (χ1v) is 14.0. The molecule has 2 rings (SSSR count). The molecule has 0 fully saturated rings. The minimum absolute atomic E-state index is 0.0889. The highest BCUT2D eigenvalue weighted by molar-refractivity contribution is 7.90. The van der Waals surface area contributed by atoms with E-state index in [1.54, 1.807) is 19.1 Å². The van der Waals surface area contributed by atoms with Crippen LogP contribution in [-0.2, 0) is 26.3 Å². The van der Waals surface area contributed by atoms with Crippen molar-refractivity contribution in [2.24, 2.45) is 0 Å². The largest absolute Gasteiger partial charge is 0.352 e. The second kappa shape index (κ2) is 13.4. The molecule has 8 nitrogen and oxygen atoms in total. The van der Waals surface area contributed by atoms with Gasteiger partial charge in [0.1, 0.15) is 18.4 Å². The zero-order chi connectivity index (χ0) is 27.9. The first-order chi connectivity index (χ1) is 17.3. The fourth-order valence-electron chi connectivity index (χ4n) is 3.55. The topological polar surface area (TPSA) is 90.0 Å². The number of para-hydroxylation sites is 1. The minimum Gasteiger partial charge on any atom is -0.352 e. The van der Waals surface area contributed by atoms with E-state index in [4.69, 9.17) is 23.2 Å². The molecular formula is C25H33Cl2FN4O4S. The highest BCUT2D eigenvalue weighted by Crippen LogP contribution is 2.26. The standard InChI is InChI=1S/C25H33Cl2FN4O4S/c1-6-17(3)29-25(34)22(7-2)31(15-18-12-13-19(26)14-20(18)27)24(33)16-32(37(35,36)30(4)5)23-11-9-8-10-21(23)28/h8-14,17,22H,6-7,15-16H2,1-5H3,(H,29,34)/t17-,22+/m1/s1. The van der Waals surface area contributed by atoms with Crippen molar-refractivity contribution < 1.29 is 22.4 Å². The number of hydrogen-bond acceptors (Lipinski definition) is 4. The molecule has 2 aromatic carbocycles. The Morgan fingerprint density at radius 3 is 2.24 bits per heavy atom. The molecule has 204 valence electrons. The van der Waals surface area contributed by atoms with Crippen molar-refractivity contribution in [3.8, 4) is 0 Å². The number of hydrogen-bond donors (Lipinski definition) is 1. The summed E-state index contributed by atoms with van der Waals surface area (Å²) in [6.45, 7) is 4.68. The van der Waals surface area contributed by atoms with Crippen LogP contribution in [0, 0.1) is 5.82 Å². The highest BCUT2D eigenvalue weighted by Gasteiger charge is 2.35. The molecule has 0 saturated carbocycles. The zero-order valence-corrected chi connectivity index (χ0v) is 23.9. The fourth-order valence-corrected chi connectivity index (χ4v) is 5.08. The monoisotopic (exact) mass is 574 g/mol. The van der Waals surface area contributed by atoms with Crippen molar-refractivity contribution in [2.75, 3.05) is 24.9 Å². The third-order valence-corrected chi connectivity index (χ3v) is 8.28. The van der Waals surface area contributed by atoms with Gasteiger partial charge in [0.2, 0.25) is 11.8 Å². The predicted octanol–water partition coefficient (Wildman–Crippen LogP) is 4.47. The van der Waals surface area contributed by atoms with E-state index in [1.165, 1.54) is 43.3 Å². The van der Waals surface area contributed by atoms with Crippen molar-refractivity contribution in [2.45, 2.75) is 52.2 Å². The number of rotatable bonds is 12. The first-order valence-electron chi connectivity index (χ1n) is 11.8. The van der Waals surface area contributed by atoms with Gasteiger partial charge in [-0.1, -0.05) is 55.2 Å². The Hall–Kier alpha value is -2.40. The summed E-state index contributed by atoms with van der Waals surface area (Å²) in [6.07, 6.45) is 0.931. The van der Waals surface area contributed by atoms with Gasteiger partial charge in [0.25, 0.3) is 0 Å².